The molecule has 2 heterocycles. The van der Waals surface area contributed by atoms with E-state index in [0.29, 0.717) is 12.2 Å². The lowest BCUT2D eigenvalue weighted by atomic mass is 10.2. The minimum atomic E-state index is 0.181. The van der Waals surface area contributed by atoms with Gasteiger partial charge in [0.05, 0.1) is 11.7 Å². The Labute approximate surface area is 98.0 Å². The lowest BCUT2D eigenvalue weighted by Gasteiger charge is -2.19. The molecule has 0 radical (unpaired) electrons. The topological polar surface area (TPSA) is 34.9 Å². The van der Waals surface area contributed by atoms with Crippen molar-refractivity contribution in [2.75, 3.05) is 17.3 Å². The van der Waals surface area contributed by atoms with Crippen LogP contribution in [-0.4, -0.2) is 37.8 Å². The van der Waals surface area contributed by atoms with Gasteiger partial charge >= 0.3 is 0 Å². The van der Waals surface area contributed by atoms with Crippen LogP contribution in [0.15, 0.2) is 12.4 Å². The zero-order valence-corrected chi connectivity index (χ0v) is 10.3. The average molecular weight is 242 g/mol. The van der Waals surface area contributed by atoms with Crippen LogP contribution in [0.5, 0.6) is 0 Å². The Morgan fingerprint density at radius 1 is 1.67 bits per heavy atom. The fraction of sp³-hybridized carbons (Fsp3) is 0.600. The highest BCUT2D eigenvalue weighted by Gasteiger charge is 2.22. The maximum absolute atomic E-state index is 11.9. The normalized spacial score (nSPS) is 21.5. The van der Waals surface area contributed by atoms with E-state index in [9.17, 15) is 4.79 Å². The molecule has 0 aliphatic carbocycles. The molecule has 1 atom stereocenters. The number of aryl methyl sites for hydroxylation is 1. The van der Waals surface area contributed by atoms with Crippen LogP contribution in [0.4, 0.5) is 0 Å². The first-order chi connectivity index (χ1) is 7.27. The van der Waals surface area contributed by atoms with Crippen LogP contribution >= 0.6 is 23.5 Å². The van der Waals surface area contributed by atoms with Crippen LogP contribution in [-0.2, 0) is 18.3 Å². The minimum Gasteiger partial charge on any atom is -0.338 e. The van der Waals surface area contributed by atoms with Crippen molar-refractivity contribution in [3.8, 4) is 0 Å². The number of imidazole rings is 1. The Kier molecular flexibility index (Phi) is 3.75. The molecule has 0 saturated carbocycles. The predicted octanol–water partition coefficient (Wildman–Crippen LogP) is 1.38. The van der Waals surface area contributed by atoms with E-state index < -0.39 is 0 Å². The van der Waals surface area contributed by atoms with Crippen LogP contribution in [0.25, 0.3) is 0 Å². The molecular weight excluding hydrogens is 228 g/mol. The molecular formula is C10H14N2OS2. The van der Waals surface area contributed by atoms with Crippen molar-refractivity contribution in [2.45, 2.75) is 11.7 Å². The summed E-state index contributed by atoms with van der Waals surface area (Å²) < 4.78 is 1.92. The van der Waals surface area contributed by atoms with Gasteiger partial charge in [0, 0.05) is 36.7 Å². The van der Waals surface area contributed by atoms with Gasteiger partial charge in [0.25, 0.3) is 0 Å². The number of carbonyl (C=O) groups excluding carboxylic acids is 1. The molecule has 82 valence electrons. The molecule has 0 spiro atoms. The summed E-state index contributed by atoms with van der Waals surface area (Å²) in [6.07, 6.45) is 4.10. The third kappa shape index (κ3) is 2.78. The van der Waals surface area contributed by atoms with E-state index in [1.54, 1.807) is 18.0 Å². The van der Waals surface area contributed by atoms with Gasteiger partial charge < -0.3 is 4.57 Å². The number of hydrogen-bond donors (Lipinski definition) is 0. The van der Waals surface area contributed by atoms with Crippen molar-refractivity contribution >= 4 is 29.3 Å². The van der Waals surface area contributed by atoms with Gasteiger partial charge in [-0.1, -0.05) is 0 Å². The number of thioether (sulfide) groups is 2. The van der Waals surface area contributed by atoms with E-state index in [4.69, 9.17) is 0 Å². The summed E-state index contributed by atoms with van der Waals surface area (Å²) in [5.74, 6) is 4.43. The summed E-state index contributed by atoms with van der Waals surface area (Å²) in [5.41, 5.74) is 0. The van der Waals surface area contributed by atoms with Crippen LogP contribution in [0.3, 0.4) is 0 Å². The Morgan fingerprint density at radius 3 is 3.13 bits per heavy atom. The SMILES string of the molecule is Cn1ccnc1CC(=O)C1CSCCS1. The number of Topliss-reactive ketones (excluding diaryl/α,β-unsaturated/α-hetero) is 1. The van der Waals surface area contributed by atoms with Gasteiger partial charge in [-0.2, -0.15) is 11.8 Å². The van der Waals surface area contributed by atoms with E-state index in [1.807, 2.05) is 29.6 Å². The number of carbonyl (C=O) groups is 1. The molecule has 5 heteroatoms. The van der Waals surface area contributed by atoms with E-state index in [-0.39, 0.29) is 5.25 Å². The lowest BCUT2D eigenvalue weighted by Crippen LogP contribution is -2.26. The smallest absolute Gasteiger partial charge is 0.154 e. The zero-order chi connectivity index (χ0) is 10.7. The summed E-state index contributed by atoms with van der Waals surface area (Å²) in [5, 5.41) is 0.181. The molecule has 1 fully saturated rings. The molecule has 1 aromatic heterocycles. The third-order valence-corrected chi connectivity index (χ3v) is 5.23. The highest BCUT2D eigenvalue weighted by Crippen LogP contribution is 2.25. The van der Waals surface area contributed by atoms with E-state index >= 15 is 0 Å². The fourth-order valence-corrected chi connectivity index (χ4v) is 4.16. The van der Waals surface area contributed by atoms with Crippen LogP contribution in [0.2, 0.25) is 0 Å². The lowest BCUT2D eigenvalue weighted by molar-refractivity contribution is -0.117. The van der Waals surface area contributed by atoms with Gasteiger partial charge in [-0.05, 0) is 0 Å². The average Bonchev–Trinajstić information content (AvgIpc) is 2.66. The maximum atomic E-state index is 11.9. The molecule has 2 rings (SSSR count). The van der Waals surface area contributed by atoms with Crippen molar-refractivity contribution in [1.29, 1.82) is 0 Å². The number of hydrogen-bond acceptors (Lipinski definition) is 4. The van der Waals surface area contributed by atoms with E-state index in [0.717, 1.165) is 17.3 Å². The second-order valence-corrected chi connectivity index (χ2v) is 5.99. The largest absolute Gasteiger partial charge is 0.338 e. The number of nitrogens with zero attached hydrogens (tertiary/aromatic N) is 2. The monoisotopic (exact) mass is 242 g/mol. The maximum Gasteiger partial charge on any atom is 0.154 e. The Bertz CT molecular complexity index is 345. The van der Waals surface area contributed by atoms with Crippen LogP contribution in [0.1, 0.15) is 5.82 Å². The molecule has 0 amide bonds. The Balaban J connectivity index is 1.94. The fourth-order valence-electron chi connectivity index (χ4n) is 1.51. The minimum absolute atomic E-state index is 0.181. The van der Waals surface area contributed by atoms with Crippen LogP contribution < -0.4 is 0 Å². The Morgan fingerprint density at radius 2 is 2.53 bits per heavy atom. The van der Waals surface area contributed by atoms with Gasteiger partial charge in [0.15, 0.2) is 5.78 Å². The first-order valence-electron chi connectivity index (χ1n) is 4.95. The second kappa shape index (κ2) is 5.07. The second-order valence-electron chi connectivity index (χ2n) is 3.53. The molecule has 1 unspecified atom stereocenters. The number of ketones is 1. The van der Waals surface area contributed by atoms with Crippen molar-refractivity contribution in [1.82, 2.24) is 9.55 Å². The van der Waals surface area contributed by atoms with Gasteiger partial charge in [-0.15, -0.1) is 11.8 Å². The highest BCUT2D eigenvalue weighted by atomic mass is 32.2. The zero-order valence-electron chi connectivity index (χ0n) is 8.68. The van der Waals surface area contributed by atoms with Crippen molar-refractivity contribution in [3.63, 3.8) is 0 Å². The summed E-state index contributed by atoms with van der Waals surface area (Å²) >= 11 is 3.67. The van der Waals surface area contributed by atoms with E-state index in [1.165, 1.54) is 5.75 Å². The van der Waals surface area contributed by atoms with Crippen molar-refractivity contribution in [2.24, 2.45) is 7.05 Å². The van der Waals surface area contributed by atoms with Crippen molar-refractivity contribution < 1.29 is 4.79 Å². The number of rotatable bonds is 3. The first kappa shape index (κ1) is 11.1. The highest BCUT2D eigenvalue weighted by molar-refractivity contribution is 8.07. The molecule has 0 bridgehead atoms. The van der Waals surface area contributed by atoms with Gasteiger partial charge in [0.2, 0.25) is 0 Å². The predicted molar refractivity (Wildman–Crippen MR) is 65.5 cm³/mol. The summed E-state index contributed by atoms with van der Waals surface area (Å²) in [6, 6.07) is 0. The molecule has 15 heavy (non-hydrogen) atoms. The number of aromatic nitrogens is 2. The Hall–Kier alpha value is -0.420. The van der Waals surface area contributed by atoms with Crippen LogP contribution in [0, 0.1) is 0 Å². The quantitative estimate of drug-likeness (QED) is 0.802. The molecule has 1 aromatic rings. The first-order valence-corrected chi connectivity index (χ1v) is 7.16. The third-order valence-electron chi connectivity index (χ3n) is 2.43. The molecule has 1 saturated heterocycles. The van der Waals surface area contributed by atoms with Gasteiger partial charge in [0.1, 0.15) is 5.82 Å². The van der Waals surface area contributed by atoms with Crippen molar-refractivity contribution in [3.05, 3.63) is 18.2 Å². The summed E-state index contributed by atoms with van der Waals surface area (Å²) in [7, 11) is 1.93. The van der Waals surface area contributed by atoms with E-state index in [2.05, 4.69) is 4.98 Å². The van der Waals surface area contributed by atoms with Gasteiger partial charge in [-0.25, -0.2) is 4.98 Å². The molecule has 0 aromatic carbocycles. The molecule has 0 N–H and O–H groups in total. The molecule has 1 aliphatic rings. The molecule has 1 aliphatic heterocycles. The van der Waals surface area contributed by atoms with Gasteiger partial charge in [-0.3, -0.25) is 4.79 Å². The standard InChI is InChI=1S/C10H14N2OS2/c1-12-3-2-11-10(12)6-8(13)9-7-14-4-5-15-9/h2-3,9H,4-7H2,1H3. The molecule has 3 nitrogen and oxygen atoms in total. The summed E-state index contributed by atoms with van der Waals surface area (Å²) in [6.45, 7) is 0. The summed E-state index contributed by atoms with van der Waals surface area (Å²) in [4.78, 5) is 16.1.